The Balaban J connectivity index is 4.02. The summed E-state index contributed by atoms with van der Waals surface area (Å²) in [4.78, 5) is 38.1. The second-order valence-corrected chi connectivity index (χ2v) is 23.5. The molecule has 0 radical (unpaired) electrons. The fraction of sp³-hybridized carbons (Fsp3) is 0.928. The van der Waals surface area contributed by atoms with Crippen LogP contribution < -0.4 is 0 Å². The minimum atomic E-state index is -0.765. The van der Waals surface area contributed by atoms with Gasteiger partial charge in [-0.3, -0.25) is 14.4 Å². The van der Waals surface area contributed by atoms with Crippen molar-refractivity contribution in [1.29, 1.82) is 0 Å². The van der Waals surface area contributed by atoms with Gasteiger partial charge in [0.05, 0.1) is 0 Å². The van der Waals surface area contributed by atoms with Gasteiger partial charge in [-0.2, -0.15) is 0 Å². The Labute approximate surface area is 469 Å². The molecule has 0 bridgehead atoms. The molecular formula is C69H132O6. The van der Waals surface area contributed by atoms with Crippen LogP contribution in [0.2, 0.25) is 0 Å². The van der Waals surface area contributed by atoms with Crippen molar-refractivity contribution in [3.05, 3.63) is 12.2 Å². The van der Waals surface area contributed by atoms with Gasteiger partial charge in [0.1, 0.15) is 13.2 Å². The maximum absolute atomic E-state index is 12.9. The molecule has 0 aromatic rings. The van der Waals surface area contributed by atoms with Gasteiger partial charge in [-0.1, -0.05) is 341 Å². The first-order chi connectivity index (χ1) is 37.0. The molecule has 0 aromatic carbocycles. The van der Waals surface area contributed by atoms with Gasteiger partial charge in [0.25, 0.3) is 0 Å². The molecule has 0 amide bonds. The van der Waals surface area contributed by atoms with E-state index in [-0.39, 0.29) is 31.1 Å². The zero-order valence-corrected chi connectivity index (χ0v) is 51.1. The van der Waals surface area contributed by atoms with Gasteiger partial charge in [-0.05, 0) is 44.9 Å². The largest absolute Gasteiger partial charge is 0.462 e. The van der Waals surface area contributed by atoms with Crippen LogP contribution in [-0.2, 0) is 28.6 Å². The van der Waals surface area contributed by atoms with E-state index in [4.69, 9.17) is 14.2 Å². The molecule has 0 heterocycles. The number of allylic oxidation sites excluding steroid dienone is 2. The number of carbonyl (C=O) groups is 3. The quantitative estimate of drug-likeness (QED) is 0.0261. The van der Waals surface area contributed by atoms with Crippen LogP contribution in [0.1, 0.15) is 393 Å². The number of esters is 3. The van der Waals surface area contributed by atoms with Crippen LogP contribution in [0, 0.1) is 0 Å². The molecule has 0 rings (SSSR count). The van der Waals surface area contributed by atoms with Crippen molar-refractivity contribution in [2.45, 2.75) is 399 Å². The highest BCUT2D eigenvalue weighted by atomic mass is 16.6. The second kappa shape index (κ2) is 64.7. The van der Waals surface area contributed by atoms with Gasteiger partial charge >= 0.3 is 17.9 Å². The summed E-state index contributed by atoms with van der Waals surface area (Å²) in [6.45, 7) is 6.68. The first-order valence-electron chi connectivity index (χ1n) is 34.2. The highest BCUT2D eigenvalue weighted by Crippen LogP contribution is 2.19. The van der Waals surface area contributed by atoms with Gasteiger partial charge in [0.15, 0.2) is 6.10 Å². The summed E-state index contributed by atoms with van der Waals surface area (Å²) in [6, 6.07) is 0. The monoisotopic (exact) mass is 1060 g/mol. The Bertz CT molecular complexity index is 1170. The third-order valence-electron chi connectivity index (χ3n) is 15.8. The van der Waals surface area contributed by atoms with Gasteiger partial charge in [-0.25, -0.2) is 0 Å². The lowest BCUT2D eigenvalue weighted by Crippen LogP contribution is -2.30. The van der Waals surface area contributed by atoms with E-state index in [9.17, 15) is 14.4 Å². The Kier molecular flexibility index (Phi) is 63.1. The molecule has 1 unspecified atom stereocenters. The molecule has 1 atom stereocenters. The summed E-state index contributed by atoms with van der Waals surface area (Å²) < 4.78 is 16.9. The molecule has 0 aliphatic carbocycles. The SMILES string of the molecule is CCCCCCCCCC/C=C\CCCCCCCCCCCCCC(=O)OC(COC(=O)CCCCCCCCC)COC(=O)CCCCCCCCCCCCCCCCCCCCCCCCCCCCC. The number of unbranched alkanes of at least 4 members (excludes halogenated alkanes) is 51. The zero-order chi connectivity index (χ0) is 54.3. The second-order valence-electron chi connectivity index (χ2n) is 23.5. The van der Waals surface area contributed by atoms with Crippen LogP contribution in [0.4, 0.5) is 0 Å². The Morgan fingerprint density at radius 2 is 0.440 bits per heavy atom. The van der Waals surface area contributed by atoms with Crippen molar-refractivity contribution in [1.82, 2.24) is 0 Å². The average Bonchev–Trinajstić information content (AvgIpc) is 3.41. The molecule has 0 aromatic heterocycles. The lowest BCUT2D eigenvalue weighted by Gasteiger charge is -2.18. The lowest BCUT2D eigenvalue weighted by molar-refractivity contribution is -0.167. The summed E-state index contributed by atoms with van der Waals surface area (Å²) >= 11 is 0. The number of hydrogen-bond donors (Lipinski definition) is 0. The summed E-state index contributed by atoms with van der Waals surface area (Å²) in [7, 11) is 0. The third-order valence-corrected chi connectivity index (χ3v) is 15.8. The summed E-state index contributed by atoms with van der Waals surface area (Å²) in [6.07, 6.45) is 77.0. The summed E-state index contributed by atoms with van der Waals surface area (Å²) in [5.74, 6) is -0.843. The van der Waals surface area contributed by atoms with Crippen molar-refractivity contribution < 1.29 is 28.6 Å². The Morgan fingerprint density at radius 1 is 0.253 bits per heavy atom. The molecule has 0 aliphatic heterocycles. The van der Waals surface area contributed by atoms with E-state index in [1.54, 1.807) is 0 Å². The predicted octanol–water partition coefficient (Wildman–Crippen LogP) is 23.2. The minimum absolute atomic E-state index is 0.0642. The van der Waals surface area contributed by atoms with Crippen molar-refractivity contribution in [2.75, 3.05) is 13.2 Å². The van der Waals surface area contributed by atoms with Crippen molar-refractivity contribution in [3.8, 4) is 0 Å². The molecule has 444 valence electrons. The van der Waals surface area contributed by atoms with E-state index < -0.39 is 6.10 Å². The van der Waals surface area contributed by atoms with Crippen molar-refractivity contribution >= 4 is 17.9 Å². The predicted molar refractivity (Wildman–Crippen MR) is 326 cm³/mol. The normalized spacial score (nSPS) is 12.0. The van der Waals surface area contributed by atoms with E-state index in [1.807, 2.05) is 0 Å². The number of carbonyl (C=O) groups excluding carboxylic acids is 3. The highest BCUT2D eigenvalue weighted by molar-refractivity contribution is 5.71. The van der Waals surface area contributed by atoms with E-state index in [2.05, 4.69) is 32.9 Å². The lowest BCUT2D eigenvalue weighted by atomic mass is 10.0. The van der Waals surface area contributed by atoms with E-state index in [0.29, 0.717) is 19.3 Å². The van der Waals surface area contributed by atoms with E-state index in [0.717, 1.165) is 57.8 Å². The van der Waals surface area contributed by atoms with Gasteiger partial charge < -0.3 is 14.2 Å². The maximum atomic E-state index is 12.9. The minimum Gasteiger partial charge on any atom is -0.462 e. The van der Waals surface area contributed by atoms with Crippen LogP contribution in [0.15, 0.2) is 12.2 Å². The van der Waals surface area contributed by atoms with E-state index >= 15 is 0 Å². The maximum Gasteiger partial charge on any atom is 0.306 e. The molecule has 0 saturated carbocycles. The topological polar surface area (TPSA) is 78.9 Å². The van der Waals surface area contributed by atoms with Gasteiger partial charge in [-0.15, -0.1) is 0 Å². The first kappa shape index (κ1) is 73.2. The number of hydrogen-bond acceptors (Lipinski definition) is 6. The fourth-order valence-corrected chi connectivity index (χ4v) is 10.6. The van der Waals surface area contributed by atoms with Crippen LogP contribution in [0.3, 0.4) is 0 Å². The van der Waals surface area contributed by atoms with Gasteiger partial charge in [0.2, 0.25) is 0 Å². The molecule has 0 saturated heterocycles. The average molecular weight is 1060 g/mol. The molecular weight excluding hydrogens is 925 g/mol. The summed E-state index contributed by atoms with van der Waals surface area (Å²) in [5, 5.41) is 0. The van der Waals surface area contributed by atoms with Crippen LogP contribution >= 0.6 is 0 Å². The Hall–Kier alpha value is -1.85. The Morgan fingerprint density at radius 3 is 0.667 bits per heavy atom. The number of ether oxygens (including phenoxy) is 3. The fourth-order valence-electron chi connectivity index (χ4n) is 10.6. The van der Waals surface area contributed by atoms with Crippen molar-refractivity contribution in [2.24, 2.45) is 0 Å². The van der Waals surface area contributed by atoms with Crippen molar-refractivity contribution in [3.63, 3.8) is 0 Å². The van der Waals surface area contributed by atoms with Crippen LogP contribution in [-0.4, -0.2) is 37.2 Å². The number of rotatable bonds is 64. The summed E-state index contributed by atoms with van der Waals surface area (Å²) in [5.41, 5.74) is 0. The molecule has 0 fully saturated rings. The highest BCUT2D eigenvalue weighted by Gasteiger charge is 2.19. The third kappa shape index (κ3) is 62.9. The molecule has 0 aliphatic rings. The van der Waals surface area contributed by atoms with Crippen LogP contribution in [0.25, 0.3) is 0 Å². The standard InChI is InChI=1S/C69H132O6/c1-4-7-10-13-16-18-20-22-24-26-28-30-32-33-34-35-37-38-40-42-44-46-48-50-53-56-59-62-68(71)74-65-66(64-73-67(70)61-58-55-52-15-12-9-6-3)75-69(72)63-60-57-54-51-49-47-45-43-41-39-36-31-29-27-25-23-21-19-17-14-11-8-5-2/h27,29,66H,4-26,28,30-65H2,1-3H3/b29-27-. The molecule has 0 N–H and O–H groups in total. The van der Waals surface area contributed by atoms with Gasteiger partial charge in [0, 0.05) is 19.3 Å². The molecule has 75 heavy (non-hydrogen) atoms. The molecule has 0 spiro atoms. The smallest absolute Gasteiger partial charge is 0.306 e. The van der Waals surface area contributed by atoms with E-state index in [1.165, 1.54) is 295 Å². The zero-order valence-electron chi connectivity index (χ0n) is 51.1. The molecule has 6 heteroatoms. The molecule has 6 nitrogen and oxygen atoms in total. The first-order valence-corrected chi connectivity index (χ1v) is 34.2. The van der Waals surface area contributed by atoms with Crippen LogP contribution in [0.5, 0.6) is 0 Å².